The molecule has 6 rings (SSSR count). The Morgan fingerprint density at radius 3 is 2.00 bits per heavy atom. The Balaban J connectivity index is 1.11. The zero-order valence-corrected chi connectivity index (χ0v) is 15.0. The molecule has 5 saturated carbocycles. The van der Waals surface area contributed by atoms with E-state index >= 15 is 0 Å². The summed E-state index contributed by atoms with van der Waals surface area (Å²) in [4.78, 5) is 0. The second-order valence-electron chi connectivity index (χ2n) is 9.39. The van der Waals surface area contributed by atoms with Crippen LogP contribution in [0, 0.1) is 47.3 Å². The average molecular weight is 333 g/mol. The lowest BCUT2D eigenvalue weighted by Crippen LogP contribution is -2.24. The molecule has 10 unspecified atom stereocenters. The van der Waals surface area contributed by atoms with Gasteiger partial charge in [0.05, 0.1) is 0 Å². The molecule has 10 atom stereocenters. The van der Waals surface area contributed by atoms with Crippen LogP contribution in [0.2, 0.25) is 0 Å². The minimum atomic E-state index is 0.752. The van der Waals surface area contributed by atoms with Gasteiger partial charge in [-0.2, -0.15) is 24.4 Å². The molecule has 0 aliphatic heterocycles. The highest BCUT2D eigenvalue weighted by Crippen LogP contribution is 2.63. The normalized spacial score (nSPS) is 63.8. The van der Waals surface area contributed by atoms with Gasteiger partial charge in [0, 0.05) is 15.7 Å². The highest BCUT2D eigenvalue weighted by Gasteiger charge is 2.56. The third-order valence-corrected chi connectivity index (χ3v) is 10.8. The summed E-state index contributed by atoms with van der Waals surface area (Å²) in [6.07, 6.45) is 15.8. The molecule has 0 amide bonds. The van der Waals surface area contributed by atoms with Crippen LogP contribution in [0.15, 0.2) is 12.2 Å². The van der Waals surface area contributed by atoms with E-state index in [1.54, 1.807) is 25.7 Å². The van der Waals surface area contributed by atoms with E-state index in [-0.39, 0.29) is 0 Å². The standard InChI is InChI=1S/C20H28S2/c21-20-5-12-4-19(20)18-9-14(8-17(12)18)22-13-6-15-10-1-2-11(3-10)16(15)7-13/h1-2,10-21H,3-9H2. The molecule has 0 N–H and O–H groups in total. The van der Waals surface area contributed by atoms with Crippen LogP contribution < -0.4 is 0 Å². The minimum absolute atomic E-state index is 0.752. The Hall–Kier alpha value is 0.440. The van der Waals surface area contributed by atoms with Gasteiger partial charge in [-0.05, 0) is 92.3 Å². The van der Waals surface area contributed by atoms with Crippen molar-refractivity contribution < 1.29 is 0 Å². The lowest BCUT2D eigenvalue weighted by molar-refractivity contribution is 0.267. The van der Waals surface area contributed by atoms with E-state index in [4.69, 9.17) is 12.6 Å². The molecule has 0 spiro atoms. The SMILES string of the molecule is SC1CC2CC1C1CC(SC3CC4C5C=CC(C5)C4C3)CC21. The van der Waals surface area contributed by atoms with Crippen LogP contribution in [0.5, 0.6) is 0 Å². The summed E-state index contributed by atoms with van der Waals surface area (Å²) < 4.78 is 0. The Kier molecular flexibility index (Phi) is 2.96. The van der Waals surface area contributed by atoms with Gasteiger partial charge in [0.2, 0.25) is 0 Å². The monoisotopic (exact) mass is 332 g/mol. The van der Waals surface area contributed by atoms with E-state index in [0.29, 0.717) is 0 Å². The van der Waals surface area contributed by atoms with Crippen molar-refractivity contribution in [2.45, 2.75) is 60.7 Å². The quantitative estimate of drug-likeness (QED) is 0.545. The molecule has 0 aromatic carbocycles. The molecule has 4 bridgehead atoms. The molecule has 0 aromatic heterocycles. The van der Waals surface area contributed by atoms with E-state index in [9.17, 15) is 0 Å². The summed E-state index contributed by atoms with van der Waals surface area (Å²) in [7, 11) is 0. The van der Waals surface area contributed by atoms with E-state index < -0.39 is 0 Å². The molecular formula is C20H28S2. The fourth-order valence-corrected chi connectivity index (χ4v) is 10.4. The van der Waals surface area contributed by atoms with E-state index in [1.165, 1.54) is 19.3 Å². The van der Waals surface area contributed by atoms with Crippen LogP contribution in [-0.2, 0) is 0 Å². The maximum absolute atomic E-state index is 4.88. The zero-order chi connectivity index (χ0) is 14.4. The third kappa shape index (κ3) is 1.80. The number of hydrogen-bond acceptors (Lipinski definition) is 2. The van der Waals surface area contributed by atoms with Gasteiger partial charge >= 0.3 is 0 Å². The average Bonchev–Trinajstić information content (AvgIpc) is 3.26. The maximum atomic E-state index is 4.88. The first kappa shape index (κ1) is 13.7. The molecule has 6 aliphatic rings. The Bertz CT molecular complexity index is 494. The number of allylic oxidation sites excluding steroid dienone is 2. The number of hydrogen-bond donors (Lipinski definition) is 1. The molecule has 0 nitrogen and oxygen atoms in total. The minimum Gasteiger partial charge on any atom is -0.176 e. The zero-order valence-electron chi connectivity index (χ0n) is 13.3. The van der Waals surface area contributed by atoms with Crippen molar-refractivity contribution in [3.63, 3.8) is 0 Å². The van der Waals surface area contributed by atoms with E-state index in [0.717, 1.165) is 63.1 Å². The van der Waals surface area contributed by atoms with Crippen molar-refractivity contribution in [2.24, 2.45) is 47.3 Å². The van der Waals surface area contributed by atoms with Gasteiger partial charge in [-0.1, -0.05) is 12.2 Å². The highest BCUT2D eigenvalue weighted by molar-refractivity contribution is 8.00. The largest absolute Gasteiger partial charge is 0.176 e. The second-order valence-corrected chi connectivity index (χ2v) is 11.7. The van der Waals surface area contributed by atoms with E-state index in [1.807, 2.05) is 0 Å². The molecular weight excluding hydrogens is 304 g/mol. The number of thioether (sulfide) groups is 1. The van der Waals surface area contributed by atoms with Gasteiger partial charge < -0.3 is 0 Å². The van der Waals surface area contributed by atoms with Crippen LogP contribution in [0.4, 0.5) is 0 Å². The third-order valence-electron chi connectivity index (χ3n) is 8.64. The first-order valence-corrected chi connectivity index (χ1v) is 11.2. The van der Waals surface area contributed by atoms with Gasteiger partial charge in [0.1, 0.15) is 0 Å². The maximum Gasteiger partial charge on any atom is 0.00557 e. The van der Waals surface area contributed by atoms with Crippen LogP contribution in [0.3, 0.4) is 0 Å². The number of fused-ring (bicyclic) bond motifs is 10. The van der Waals surface area contributed by atoms with Gasteiger partial charge in [-0.15, -0.1) is 0 Å². The lowest BCUT2D eigenvalue weighted by atomic mass is 9.81. The summed E-state index contributed by atoms with van der Waals surface area (Å²) in [5, 5.41) is 2.77. The van der Waals surface area contributed by atoms with Crippen molar-refractivity contribution >= 4 is 24.4 Å². The molecule has 0 heterocycles. The number of rotatable bonds is 2. The Morgan fingerprint density at radius 1 is 0.636 bits per heavy atom. The summed E-state index contributed by atoms with van der Waals surface area (Å²) >= 11 is 7.32. The van der Waals surface area contributed by atoms with Crippen molar-refractivity contribution in [1.82, 2.24) is 0 Å². The summed E-state index contributed by atoms with van der Waals surface area (Å²) in [5.41, 5.74) is 0. The Labute approximate surface area is 144 Å². The molecule has 5 fully saturated rings. The summed E-state index contributed by atoms with van der Waals surface area (Å²) in [6.45, 7) is 0. The lowest BCUT2D eigenvalue weighted by Gasteiger charge is -2.28. The molecule has 0 saturated heterocycles. The molecule has 2 heteroatoms. The highest BCUT2D eigenvalue weighted by atomic mass is 32.2. The van der Waals surface area contributed by atoms with Crippen molar-refractivity contribution in [1.29, 1.82) is 0 Å². The summed E-state index contributed by atoms with van der Waals surface area (Å²) in [6, 6.07) is 0. The predicted octanol–water partition coefficient (Wildman–Crippen LogP) is 5.05. The predicted molar refractivity (Wildman–Crippen MR) is 97.3 cm³/mol. The Morgan fingerprint density at radius 2 is 1.27 bits per heavy atom. The number of thiol groups is 1. The first-order chi connectivity index (χ1) is 10.8. The van der Waals surface area contributed by atoms with Crippen LogP contribution in [-0.4, -0.2) is 15.7 Å². The molecule has 120 valence electrons. The van der Waals surface area contributed by atoms with Crippen LogP contribution >= 0.6 is 24.4 Å². The molecule has 0 aromatic rings. The van der Waals surface area contributed by atoms with Crippen molar-refractivity contribution in [2.75, 3.05) is 0 Å². The fourth-order valence-electron chi connectivity index (χ4n) is 7.91. The van der Waals surface area contributed by atoms with Gasteiger partial charge in [0.15, 0.2) is 0 Å². The van der Waals surface area contributed by atoms with E-state index in [2.05, 4.69) is 23.9 Å². The smallest absolute Gasteiger partial charge is 0.00557 e. The van der Waals surface area contributed by atoms with Crippen molar-refractivity contribution in [3.05, 3.63) is 12.2 Å². The summed E-state index contributed by atoms with van der Waals surface area (Å²) in [5.74, 6) is 8.33. The van der Waals surface area contributed by atoms with Gasteiger partial charge in [0.25, 0.3) is 0 Å². The van der Waals surface area contributed by atoms with Gasteiger partial charge in [-0.25, -0.2) is 0 Å². The van der Waals surface area contributed by atoms with Crippen LogP contribution in [0.1, 0.15) is 44.9 Å². The molecule has 22 heavy (non-hydrogen) atoms. The van der Waals surface area contributed by atoms with Crippen molar-refractivity contribution in [3.8, 4) is 0 Å². The van der Waals surface area contributed by atoms with Gasteiger partial charge in [-0.3, -0.25) is 0 Å². The molecule has 0 radical (unpaired) electrons. The topological polar surface area (TPSA) is 0 Å². The fraction of sp³-hybridized carbons (Fsp3) is 0.900. The first-order valence-electron chi connectivity index (χ1n) is 9.78. The second kappa shape index (κ2) is 4.75. The molecule has 6 aliphatic carbocycles. The van der Waals surface area contributed by atoms with Crippen LogP contribution in [0.25, 0.3) is 0 Å².